The summed E-state index contributed by atoms with van der Waals surface area (Å²) in [6, 6.07) is 25.8. The van der Waals surface area contributed by atoms with Gasteiger partial charge in [-0.2, -0.15) is 0 Å². The van der Waals surface area contributed by atoms with Gasteiger partial charge in [0.25, 0.3) is 0 Å². The molecule has 0 radical (unpaired) electrons. The molecule has 0 nitrogen and oxygen atoms in total. The highest BCUT2D eigenvalue weighted by molar-refractivity contribution is 9.08. The maximum absolute atomic E-state index is 3.61. The van der Waals surface area contributed by atoms with Crippen LogP contribution in [0.2, 0.25) is 0 Å². The Kier molecular flexibility index (Phi) is 5.12. The van der Waals surface area contributed by atoms with Crippen molar-refractivity contribution in [3.63, 3.8) is 0 Å². The van der Waals surface area contributed by atoms with Gasteiger partial charge in [-0.25, -0.2) is 0 Å². The standard InChI is InChI=1S/C20H16Br2/c21-13-15-7-1-3-9-17(15)19-11-5-6-12-20(19)18-10-4-2-8-16(18)14-22/h1-12H,13-14H2. The van der Waals surface area contributed by atoms with Crippen LogP contribution in [0, 0.1) is 0 Å². The molecule has 22 heavy (non-hydrogen) atoms. The van der Waals surface area contributed by atoms with E-state index >= 15 is 0 Å². The minimum Gasteiger partial charge on any atom is -0.0876 e. The predicted molar refractivity (Wildman–Crippen MR) is 103 cm³/mol. The Hall–Kier alpha value is -1.38. The average Bonchev–Trinajstić information content (AvgIpc) is 2.61. The van der Waals surface area contributed by atoms with Gasteiger partial charge >= 0.3 is 0 Å². The fraction of sp³-hybridized carbons (Fsp3) is 0.100. The van der Waals surface area contributed by atoms with E-state index in [0.29, 0.717) is 0 Å². The van der Waals surface area contributed by atoms with E-state index in [1.165, 1.54) is 33.4 Å². The van der Waals surface area contributed by atoms with E-state index in [9.17, 15) is 0 Å². The molecular weight excluding hydrogens is 400 g/mol. The van der Waals surface area contributed by atoms with E-state index in [0.717, 1.165) is 10.7 Å². The van der Waals surface area contributed by atoms with Gasteiger partial charge in [-0.15, -0.1) is 0 Å². The molecule has 0 unspecified atom stereocenters. The minimum atomic E-state index is 0.859. The van der Waals surface area contributed by atoms with Gasteiger partial charge in [-0.05, 0) is 33.4 Å². The number of halogens is 2. The van der Waals surface area contributed by atoms with Gasteiger partial charge in [0.2, 0.25) is 0 Å². The molecule has 3 aromatic carbocycles. The molecule has 0 aliphatic heterocycles. The molecule has 0 aliphatic rings. The highest BCUT2D eigenvalue weighted by atomic mass is 79.9. The lowest BCUT2D eigenvalue weighted by molar-refractivity contribution is 1.40. The molecule has 0 heterocycles. The van der Waals surface area contributed by atoms with Gasteiger partial charge in [-0.1, -0.05) is 105 Å². The summed E-state index contributed by atoms with van der Waals surface area (Å²) in [5, 5.41) is 1.72. The van der Waals surface area contributed by atoms with Crippen LogP contribution in [0.3, 0.4) is 0 Å². The topological polar surface area (TPSA) is 0 Å². The number of benzene rings is 3. The van der Waals surface area contributed by atoms with E-state index in [4.69, 9.17) is 0 Å². The normalized spacial score (nSPS) is 10.6. The average molecular weight is 416 g/mol. The van der Waals surface area contributed by atoms with Crippen LogP contribution in [0.1, 0.15) is 11.1 Å². The number of hydrogen-bond acceptors (Lipinski definition) is 0. The van der Waals surface area contributed by atoms with Gasteiger partial charge < -0.3 is 0 Å². The van der Waals surface area contributed by atoms with Crippen LogP contribution in [0.5, 0.6) is 0 Å². The summed E-state index contributed by atoms with van der Waals surface area (Å²) in [6.07, 6.45) is 0. The van der Waals surface area contributed by atoms with Crippen molar-refractivity contribution in [1.82, 2.24) is 0 Å². The lowest BCUT2D eigenvalue weighted by Crippen LogP contribution is -1.92. The molecule has 0 aromatic heterocycles. The van der Waals surface area contributed by atoms with Gasteiger partial charge in [0.15, 0.2) is 0 Å². The fourth-order valence-corrected chi connectivity index (χ4v) is 3.73. The summed E-state index contributed by atoms with van der Waals surface area (Å²) in [6.45, 7) is 0. The Balaban J connectivity index is 2.23. The van der Waals surface area contributed by atoms with Crippen molar-refractivity contribution < 1.29 is 0 Å². The predicted octanol–water partition coefficient (Wildman–Crippen LogP) is 6.81. The first-order valence-corrected chi connectivity index (χ1v) is 9.47. The van der Waals surface area contributed by atoms with Crippen LogP contribution in [0.25, 0.3) is 22.3 Å². The summed E-state index contributed by atoms with van der Waals surface area (Å²) in [5.74, 6) is 0. The highest BCUT2D eigenvalue weighted by Gasteiger charge is 2.12. The molecule has 0 saturated carbocycles. The molecule has 110 valence electrons. The third-order valence-corrected chi connectivity index (χ3v) is 5.04. The van der Waals surface area contributed by atoms with Gasteiger partial charge in [0, 0.05) is 10.7 Å². The summed E-state index contributed by atoms with van der Waals surface area (Å²) in [7, 11) is 0. The summed E-state index contributed by atoms with van der Waals surface area (Å²) < 4.78 is 0. The van der Waals surface area contributed by atoms with Crippen molar-refractivity contribution in [2.45, 2.75) is 10.7 Å². The first kappa shape index (κ1) is 15.5. The van der Waals surface area contributed by atoms with Crippen molar-refractivity contribution in [1.29, 1.82) is 0 Å². The first-order valence-electron chi connectivity index (χ1n) is 7.22. The zero-order valence-electron chi connectivity index (χ0n) is 12.1. The summed E-state index contributed by atoms with van der Waals surface area (Å²) in [5.41, 5.74) is 7.77. The van der Waals surface area contributed by atoms with Crippen LogP contribution in [0.4, 0.5) is 0 Å². The van der Waals surface area contributed by atoms with Crippen LogP contribution < -0.4 is 0 Å². The number of alkyl halides is 2. The molecule has 0 saturated heterocycles. The van der Waals surface area contributed by atoms with Crippen molar-refractivity contribution >= 4 is 31.9 Å². The minimum absolute atomic E-state index is 0.859. The zero-order valence-corrected chi connectivity index (χ0v) is 15.3. The van der Waals surface area contributed by atoms with Gasteiger partial charge in [-0.3, -0.25) is 0 Å². The number of hydrogen-bond donors (Lipinski definition) is 0. The van der Waals surface area contributed by atoms with Crippen molar-refractivity contribution in [3.05, 3.63) is 83.9 Å². The van der Waals surface area contributed by atoms with Crippen LogP contribution in [0.15, 0.2) is 72.8 Å². The van der Waals surface area contributed by atoms with Crippen molar-refractivity contribution in [3.8, 4) is 22.3 Å². The summed E-state index contributed by atoms with van der Waals surface area (Å²) >= 11 is 7.21. The lowest BCUT2D eigenvalue weighted by Gasteiger charge is -2.15. The Morgan fingerprint density at radius 2 is 0.773 bits per heavy atom. The molecule has 3 aromatic rings. The summed E-state index contributed by atoms with van der Waals surface area (Å²) in [4.78, 5) is 0. The Morgan fingerprint density at radius 3 is 1.14 bits per heavy atom. The third kappa shape index (κ3) is 3.04. The maximum Gasteiger partial charge on any atom is 0.0289 e. The Morgan fingerprint density at radius 1 is 0.455 bits per heavy atom. The largest absolute Gasteiger partial charge is 0.0876 e. The van der Waals surface area contributed by atoms with Crippen LogP contribution >= 0.6 is 31.9 Å². The van der Waals surface area contributed by atoms with Crippen molar-refractivity contribution in [2.75, 3.05) is 0 Å². The Labute approximate surface area is 148 Å². The van der Waals surface area contributed by atoms with E-state index in [-0.39, 0.29) is 0 Å². The second kappa shape index (κ2) is 7.26. The Bertz CT molecular complexity index is 711. The molecule has 0 N–H and O–H groups in total. The molecule has 0 spiro atoms. The van der Waals surface area contributed by atoms with E-state index in [1.54, 1.807) is 0 Å². The second-order valence-electron chi connectivity index (χ2n) is 5.13. The first-order chi connectivity index (χ1) is 10.8. The molecule has 0 fully saturated rings. The molecule has 0 amide bonds. The molecule has 0 bridgehead atoms. The van der Waals surface area contributed by atoms with Crippen LogP contribution in [-0.4, -0.2) is 0 Å². The third-order valence-electron chi connectivity index (χ3n) is 3.83. The lowest BCUT2D eigenvalue weighted by atomic mass is 9.90. The van der Waals surface area contributed by atoms with Gasteiger partial charge in [0.1, 0.15) is 0 Å². The van der Waals surface area contributed by atoms with Gasteiger partial charge in [0.05, 0.1) is 0 Å². The fourth-order valence-electron chi connectivity index (χ4n) is 2.75. The van der Waals surface area contributed by atoms with Crippen molar-refractivity contribution in [2.24, 2.45) is 0 Å². The second-order valence-corrected chi connectivity index (χ2v) is 6.25. The SMILES string of the molecule is BrCc1ccccc1-c1ccccc1-c1ccccc1CBr. The molecule has 3 rings (SSSR count). The number of rotatable bonds is 4. The van der Waals surface area contributed by atoms with E-state index in [1.807, 2.05) is 0 Å². The molecular formula is C20H16Br2. The van der Waals surface area contributed by atoms with E-state index in [2.05, 4.69) is 105 Å². The molecule has 0 aliphatic carbocycles. The highest BCUT2D eigenvalue weighted by Crippen LogP contribution is 2.36. The monoisotopic (exact) mass is 414 g/mol. The quantitative estimate of drug-likeness (QED) is 0.410. The maximum atomic E-state index is 3.61. The van der Waals surface area contributed by atoms with Crippen LogP contribution in [-0.2, 0) is 10.7 Å². The zero-order chi connectivity index (χ0) is 15.4. The molecule has 2 heteroatoms. The molecule has 0 atom stereocenters. The smallest absolute Gasteiger partial charge is 0.0289 e. The van der Waals surface area contributed by atoms with E-state index < -0.39 is 0 Å².